The molecule has 0 unspecified atom stereocenters. The van der Waals surface area contributed by atoms with Gasteiger partial charge in [-0.05, 0) is 65.5 Å². The number of hydrogen-bond acceptors (Lipinski definition) is 2. The molecule has 2 rings (SSSR count). The number of aryl methyl sites for hydroxylation is 2. The van der Waals surface area contributed by atoms with Crippen molar-refractivity contribution in [3.05, 3.63) is 45.7 Å². The van der Waals surface area contributed by atoms with Crippen LogP contribution in [0.3, 0.4) is 0 Å². The molecule has 19 heavy (non-hydrogen) atoms. The van der Waals surface area contributed by atoms with E-state index in [0.717, 1.165) is 35.1 Å². The molecule has 1 heterocycles. The molecule has 2 aromatic rings. The fraction of sp³-hybridized carbons (Fsp3) is 0.400. The van der Waals surface area contributed by atoms with Gasteiger partial charge in [-0.1, -0.05) is 19.9 Å². The first kappa shape index (κ1) is 14.3. The minimum atomic E-state index is 0.674. The van der Waals surface area contributed by atoms with Gasteiger partial charge in [0.25, 0.3) is 0 Å². The maximum Gasteiger partial charge on any atom is 0.0791 e. The van der Waals surface area contributed by atoms with Gasteiger partial charge in [-0.15, -0.1) is 0 Å². The topological polar surface area (TPSA) is 43.8 Å². The molecule has 0 spiro atoms. The van der Waals surface area contributed by atoms with E-state index in [1.54, 1.807) is 0 Å². The Morgan fingerprint density at radius 1 is 1.21 bits per heavy atom. The van der Waals surface area contributed by atoms with Crippen molar-refractivity contribution in [3.8, 4) is 5.69 Å². The summed E-state index contributed by atoms with van der Waals surface area (Å²) in [5.41, 5.74) is 10.3. The van der Waals surface area contributed by atoms with E-state index in [0.29, 0.717) is 6.54 Å². The van der Waals surface area contributed by atoms with Crippen molar-refractivity contribution in [2.45, 2.75) is 33.1 Å². The summed E-state index contributed by atoms with van der Waals surface area (Å²) in [6.07, 6.45) is 2.84. The minimum absolute atomic E-state index is 0.674. The Morgan fingerprint density at radius 2 is 2.00 bits per heavy atom. The lowest BCUT2D eigenvalue weighted by Crippen LogP contribution is -2.05. The molecule has 0 amide bonds. The molecule has 1 aromatic carbocycles. The molecule has 0 atom stereocenters. The third-order valence-electron chi connectivity index (χ3n) is 3.23. The fourth-order valence-corrected chi connectivity index (χ4v) is 2.75. The first-order valence-corrected chi connectivity index (χ1v) is 7.55. The number of nitrogens with two attached hydrogens (primary N) is 1. The predicted octanol–water partition coefficient (Wildman–Crippen LogP) is 3.26. The zero-order chi connectivity index (χ0) is 13.8. The quantitative estimate of drug-likeness (QED) is 0.918. The summed E-state index contributed by atoms with van der Waals surface area (Å²) < 4.78 is 3.11. The van der Waals surface area contributed by atoms with Crippen molar-refractivity contribution in [1.82, 2.24) is 9.78 Å². The Morgan fingerprint density at radius 3 is 2.58 bits per heavy atom. The van der Waals surface area contributed by atoms with Crippen molar-refractivity contribution in [1.29, 1.82) is 0 Å². The molecule has 0 fully saturated rings. The van der Waals surface area contributed by atoms with Gasteiger partial charge in [0.05, 0.1) is 11.4 Å². The van der Waals surface area contributed by atoms with Gasteiger partial charge in [0.1, 0.15) is 0 Å². The monoisotopic (exact) mass is 321 g/mol. The highest BCUT2D eigenvalue weighted by atomic mass is 79.9. The average molecular weight is 322 g/mol. The Kier molecular flexibility index (Phi) is 4.77. The van der Waals surface area contributed by atoms with Gasteiger partial charge in [-0.3, -0.25) is 0 Å². The zero-order valence-electron chi connectivity index (χ0n) is 11.5. The molecule has 0 radical (unpaired) electrons. The van der Waals surface area contributed by atoms with Crippen LogP contribution in [-0.4, -0.2) is 16.3 Å². The zero-order valence-corrected chi connectivity index (χ0v) is 13.1. The number of aromatic nitrogens is 2. The SMILES string of the molecule is CCc1cc(CC)n(-c2ccc(CCN)cc2Br)n1. The summed E-state index contributed by atoms with van der Waals surface area (Å²) in [4.78, 5) is 0. The second kappa shape index (κ2) is 6.35. The van der Waals surface area contributed by atoms with Gasteiger partial charge < -0.3 is 5.73 Å². The lowest BCUT2D eigenvalue weighted by atomic mass is 10.1. The van der Waals surface area contributed by atoms with Crippen LogP contribution in [0.4, 0.5) is 0 Å². The molecule has 102 valence electrons. The second-order valence-electron chi connectivity index (χ2n) is 4.57. The van der Waals surface area contributed by atoms with Gasteiger partial charge >= 0.3 is 0 Å². The molecule has 3 nitrogen and oxygen atoms in total. The van der Waals surface area contributed by atoms with E-state index in [1.165, 1.54) is 11.3 Å². The number of halogens is 1. The summed E-state index contributed by atoms with van der Waals surface area (Å²) >= 11 is 3.65. The second-order valence-corrected chi connectivity index (χ2v) is 5.42. The van der Waals surface area contributed by atoms with Crippen LogP contribution in [0.5, 0.6) is 0 Å². The lowest BCUT2D eigenvalue weighted by molar-refractivity contribution is 0.790. The molecule has 0 aliphatic heterocycles. The first-order valence-electron chi connectivity index (χ1n) is 6.76. The van der Waals surface area contributed by atoms with E-state index >= 15 is 0 Å². The maximum absolute atomic E-state index is 5.59. The van der Waals surface area contributed by atoms with Crippen LogP contribution >= 0.6 is 15.9 Å². The highest BCUT2D eigenvalue weighted by Crippen LogP contribution is 2.24. The van der Waals surface area contributed by atoms with Gasteiger partial charge in [0.2, 0.25) is 0 Å². The third kappa shape index (κ3) is 3.07. The standard InChI is InChI=1S/C15H20BrN3/c1-3-12-10-13(4-2)19(18-12)15-6-5-11(7-8-17)9-14(15)16/h5-6,9-10H,3-4,7-8,17H2,1-2H3. The molecule has 4 heteroatoms. The van der Waals surface area contributed by atoms with Crippen molar-refractivity contribution in [2.24, 2.45) is 5.73 Å². The highest BCUT2D eigenvalue weighted by Gasteiger charge is 2.10. The summed E-state index contributed by atoms with van der Waals surface area (Å²) in [5, 5.41) is 4.67. The predicted molar refractivity (Wildman–Crippen MR) is 82.8 cm³/mol. The summed E-state index contributed by atoms with van der Waals surface area (Å²) in [5.74, 6) is 0. The van der Waals surface area contributed by atoms with E-state index < -0.39 is 0 Å². The molecule has 2 N–H and O–H groups in total. The molecular formula is C15H20BrN3. The average Bonchev–Trinajstić information content (AvgIpc) is 2.82. The van der Waals surface area contributed by atoms with E-state index in [4.69, 9.17) is 5.73 Å². The van der Waals surface area contributed by atoms with Crippen LogP contribution in [0.2, 0.25) is 0 Å². The van der Waals surface area contributed by atoms with Crippen molar-refractivity contribution < 1.29 is 0 Å². The van der Waals surface area contributed by atoms with Crippen molar-refractivity contribution in [2.75, 3.05) is 6.54 Å². The number of benzene rings is 1. The van der Waals surface area contributed by atoms with Gasteiger partial charge in [0.15, 0.2) is 0 Å². The van der Waals surface area contributed by atoms with E-state index in [2.05, 4.69) is 59.1 Å². The normalized spacial score (nSPS) is 10.9. The summed E-state index contributed by atoms with van der Waals surface area (Å²) in [6.45, 7) is 4.96. The van der Waals surface area contributed by atoms with Gasteiger partial charge in [-0.25, -0.2) is 4.68 Å². The van der Waals surface area contributed by atoms with E-state index in [1.807, 2.05) is 4.68 Å². The maximum atomic E-state index is 5.59. The first-order chi connectivity index (χ1) is 9.19. The van der Waals surface area contributed by atoms with E-state index in [-0.39, 0.29) is 0 Å². The lowest BCUT2D eigenvalue weighted by Gasteiger charge is -2.10. The fourth-order valence-electron chi connectivity index (χ4n) is 2.15. The van der Waals surface area contributed by atoms with E-state index in [9.17, 15) is 0 Å². The molecule has 0 saturated heterocycles. The summed E-state index contributed by atoms with van der Waals surface area (Å²) in [7, 11) is 0. The molecular weight excluding hydrogens is 302 g/mol. The Bertz CT molecular complexity index is 561. The smallest absolute Gasteiger partial charge is 0.0791 e. The number of hydrogen-bond donors (Lipinski definition) is 1. The van der Waals surface area contributed by atoms with Crippen LogP contribution in [0.25, 0.3) is 5.69 Å². The molecule has 1 aromatic heterocycles. The van der Waals surface area contributed by atoms with Crippen LogP contribution in [0.15, 0.2) is 28.7 Å². The van der Waals surface area contributed by atoms with Crippen molar-refractivity contribution >= 4 is 15.9 Å². The van der Waals surface area contributed by atoms with Crippen molar-refractivity contribution in [3.63, 3.8) is 0 Å². The Balaban J connectivity index is 2.43. The number of nitrogens with zero attached hydrogens (tertiary/aromatic N) is 2. The summed E-state index contributed by atoms with van der Waals surface area (Å²) in [6, 6.07) is 8.55. The van der Waals surface area contributed by atoms with Gasteiger partial charge in [0, 0.05) is 10.2 Å². The van der Waals surface area contributed by atoms with Crippen LogP contribution in [0, 0.1) is 0 Å². The number of rotatable bonds is 5. The largest absolute Gasteiger partial charge is 0.330 e. The van der Waals surface area contributed by atoms with Crippen LogP contribution in [-0.2, 0) is 19.3 Å². The van der Waals surface area contributed by atoms with Crippen LogP contribution < -0.4 is 5.73 Å². The molecule has 0 bridgehead atoms. The third-order valence-corrected chi connectivity index (χ3v) is 3.87. The molecule has 0 saturated carbocycles. The minimum Gasteiger partial charge on any atom is -0.330 e. The molecule has 0 aliphatic carbocycles. The highest BCUT2D eigenvalue weighted by molar-refractivity contribution is 9.10. The van der Waals surface area contributed by atoms with Crippen LogP contribution in [0.1, 0.15) is 30.8 Å². The van der Waals surface area contributed by atoms with Gasteiger partial charge in [-0.2, -0.15) is 5.10 Å². The Labute approximate surface area is 122 Å². The molecule has 0 aliphatic rings. The Hall–Kier alpha value is -1.13.